The van der Waals surface area contributed by atoms with Crippen LogP contribution in [0, 0.1) is 0 Å². The zero-order valence-electron chi connectivity index (χ0n) is 17.9. The summed E-state index contributed by atoms with van der Waals surface area (Å²) < 4.78 is 27.2. The highest BCUT2D eigenvalue weighted by Gasteiger charge is 2.55. The Morgan fingerprint density at radius 1 is 0.633 bits per heavy atom. The van der Waals surface area contributed by atoms with Crippen LogP contribution in [0.1, 0.15) is 49.8 Å². The van der Waals surface area contributed by atoms with Crippen molar-refractivity contribution in [2.75, 3.05) is 13.2 Å². The minimum Gasteiger partial charge on any atom is -0.307 e. The van der Waals surface area contributed by atoms with Crippen LogP contribution in [-0.4, -0.2) is 13.2 Å². The molecule has 0 aliphatic rings. The Bertz CT molecular complexity index is 830. The Morgan fingerprint density at radius 2 is 1.03 bits per heavy atom. The lowest BCUT2D eigenvalue weighted by Crippen LogP contribution is -2.32. The number of rotatable bonds is 11. The molecule has 0 N–H and O–H groups in total. The van der Waals surface area contributed by atoms with Gasteiger partial charge in [-0.25, -0.2) is 0 Å². The highest BCUT2D eigenvalue weighted by molar-refractivity contribution is 7.55. The van der Waals surface area contributed by atoms with Gasteiger partial charge in [0.05, 0.1) is 13.2 Å². The van der Waals surface area contributed by atoms with Crippen molar-refractivity contribution in [3.8, 4) is 0 Å². The van der Waals surface area contributed by atoms with Crippen LogP contribution < -0.4 is 0 Å². The van der Waals surface area contributed by atoms with E-state index < -0.39 is 12.8 Å². The molecule has 0 spiro atoms. The average molecular weight is 423 g/mol. The second-order valence-corrected chi connectivity index (χ2v) is 9.51. The zero-order chi connectivity index (χ0) is 21.3. The van der Waals surface area contributed by atoms with Gasteiger partial charge in [-0.05, 0) is 29.5 Å². The highest BCUT2D eigenvalue weighted by atomic mass is 31.2. The molecular weight excluding hydrogens is 391 g/mol. The van der Waals surface area contributed by atoms with Gasteiger partial charge in [-0.15, -0.1) is 0 Å². The zero-order valence-corrected chi connectivity index (χ0v) is 18.8. The molecule has 0 saturated heterocycles. The number of benzene rings is 3. The van der Waals surface area contributed by atoms with Crippen molar-refractivity contribution >= 4 is 7.60 Å². The van der Waals surface area contributed by atoms with Crippen LogP contribution in [0.5, 0.6) is 0 Å². The first-order valence-corrected chi connectivity index (χ1v) is 12.3. The Morgan fingerprint density at radius 3 is 1.40 bits per heavy atom. The fourth-order valence-electron chi connectivity index (χ4n) is 3.78. The molecule has 0 aromatic heterocycles. The summed E-state index contributed by atoms with van der Waals surface area (Å²) in [6, 6.07) is 29.9. The summed E-state index contributed by atoms with van der Waals surface area (Å²) in [4.78, 5) is 0. The van der Waals surface area contributed by atoms with Gasteiger partial charge >= 0.3 is 7.60 Å². The van der Waals surface area contributed by atoms with E-state index in [4.69, 9.17) is 9.05 Å². The van der Waals surface area contributed by atoms with E-state index in [0.29, 0.717) is 13.2 Å². The monoisotopic (exact) mass is 422 g/mol. The van der Waals surface area contributed by atoms with Crippen molar-refractivity contribution in [2.45, 2.75) is 38.3 Å². The first-order chi connectivity index (χ1) is 14.7. The van der Waals surface area contributed by atoms with Gasteiger partial charge in [0, 0.05) is 0 Å². The summed E-state index contributed by atoms with van der Waals surface area (Å²) in [5.74, 6) is 0. The molecule has 1 unspecified atom stereocenters. The lowest BCUT2D eigenvalue weighted by molar-refractivity contribution is 0.190. The van der Waals surface area contributed by atoms with Crippen molar-refractivity contribution in [2.24, 2.45) is 0 Å². The van der Waals surface area contributed by atoms with Crippen LogP contribution >= 0.6 is 7.60 Å². The minimum atomic E-state index is -3.67. The van der Waals surface area contributed by atoms with Crippen LogP contribution in [0.15, 0.2) is 91.0 Å². The van der Waals surface area contributed by atoms with Crippen LogP contribution in [0.25, 0.3) is 0 Å². The van der Waals surface area contributed by atoms with E-state index in [-0.39, 0.29) is 0 Å². The first kappa shape index (κ1) is 22.5. The Kier molecular flexibility index (Phi) is 8.04. The van der Waals surface area contributed by atoms with Gasteiger partial charge in [-0.2, -0.15) is 0 Å². The lowest BCUT2D eigenvalue weighted by atomic mass is 9.84. The van der Waals surface area contributed by atoms with Gasteiger partial charge in [0.1, 0.15) is 5.16 Å². The van der Waals surface area contributed by atoms with Crippen molar-refractivity contribution in [3.63, 3.8) is 0 Å². The molecule has 0 aliphatic heterocycles. The largest absolute Gasteiger partial charge is 0.349 e. The van der Waals surface area contributed by atoms with Gasteiger partial charge in [-0.3, -0.25) is 4.57 Å². The third-order valence-electron chi connectivity index (χ3n) is 5.21. The standard InChI is InChI=1S/C26H31O3P/c1-3-5-22-29-30(27,28-21-4-2)26(23-15-9-6-10-16-23,24-17-11-7-12-18-24)25-19-13-8-14-20-25/h6-20H,3-5,21-22H2,1-2H3. The van der Waals surface area contributed by atoms with E-state index in [0.717, 1.165) is 36.0 Å². The molecule has 3 aromatic rings. The molecule has 0 radical (unpaired) electrons. The molecule has 0 fully saturated rings. The first-order valence-electron chi connectivity index (χ1n) is 10.7. The third-order valence-corrected chi connectivity index (χ3v) is 7.85. The van der Waals surface area contributed by atoms with Crippen molar-refractivity contribution in [1.82, 2.24) is 0 Å². The normalized spacial score (nSPS) is 13.7. The molecule has 0 aliphatic carbocycles. The highest BCUT2D eigenvalue weighted by Crippen LogP contribution is 2.70. The van der Waals surface area contributed by atoms with Crippen LogP contribution in [0.2, 0.25) is 0 Å². The summed E-state index contributed by atoms with van der Waals surface area (Å²) in [5, 5.41) is -1.06. The molecule has 0 heterocycles. The molecule has 3 rings (SSSR count). The number of hydrogen-bond acceptors (Lipinski definition) is 3. The van der Waals surface area contributed by atoms with Crippen molar-refractivity contribution < 1.29 is 13.6 Å². The third kappa shape index (κ3) is 4.44. The maximum atomic E-state index is 14.8. The predicted molar refractivity (Wildman–Crippen MR) is 124 cm³/mol. The van der Waals surface area contributed by atoms with Gasteiger partial charge in [0.15, 0.2) is 0 Å². The van der Waals surface area contributed by atoms with Gasteiger partial charge in [-0.1, -0.05) is 111 Å². The van der Waals surface area contributed by atoms with E-state index in [2.05, 4.69) is 6.92 Å². The van der Waals surface area contributed by atoms with Crippen LogP contribution in [0.3, 0.4) is 0 Å². The second kappa shape index (κ2) is 10.7. The molecule has 30 heavy (non-hydrogen) atoms. The van der Waals surface area contributed by atoms with Crippen molar-refractivity contribution in [1.29, 1.82) is 0 Å². The van der Waals surface area contributed by atoms with Crippen LogP contribution in [-0.2, 0) is 18.8 Å². The summed E-state index contributed by atoms with van der Waals surface area (Å²) >= 11 is 0. The quantitative estimate of drug-likeness (QED) is 0.183. The molecule has 1 atom stereocenters. The molecule has 3 aromatic carbocycles. The van der Waals surface area contributed by atoms with E-state index in [1.807, 2.05) is 97.9 Å². The summed E-state index contributed by atoms with van der Waals surface area (Å²) in [6.07, 6.45) is 2.55. The molecule has 0 amide bonds. The van der Waals surface area contributed by atoms with E-state index in [1.165, 1.54) is 0 Å². The average Bonchev–Trinajstić information content (AvgIpc) is 2.81. The van der Waals surface area contributed by atoms with Gasteiger partial charge < -0.3 is 9.05 Å². The smallest absolute Gasteiger partial charge is 0.307 e. The summed E-state index contributed by atoms with van der Waals surface area (Å²) in [5.41, 5.74) is 2.70. The SMILES string of the molecule is CCCCOP(=O)(OCCC)C(c1ccccc1)(c1ccccc1)c1ccccc1. The fourth-order valence-corrected chi connectivity index (χ4v) is 6.43. The van der Waals surface area contributed by atoms with Crippen LogP contribution in [0.4, 0.5) is 0 Å². The van der Waals surface area contributed by atoms with Gasteiger partial charge in [0.2, 0.25) is 0 Å². The molecule has 158 valence electrons. The maximum absolute atomic E-state index is 14.8. The van der Waals surface area contributed by atoms with Gasteiger partial charge in [0.25, 0.3) is 0 Å². The fraction of sp³-hybridized carbons (Fsp3) is 0.308. The Hall–Kier alpha value is -2.19. The molecule has 0 bridgehead atoms. The second-order valence-electron chi connectivity index (χ2n) is 7.33. The topological polar surface area (TPSA) is 35.5 Å². The molecule has 3 nitrogen and oxygen atoms in total. The molecule has 4 heteroatoms. The summed E-state index contributed by atoms with van der Waals surface area (Å²) in [6.45, 7) is 4.88. The number of hydrogen-bond donors (Lipinski definition) is 0. The van der Waals surface area contributed by atoms with E-state index in [1.54, 1.807) is 0 Å². The number of unbranched alkanes of at least 4 members (excludes halogenated alkanes) is 1. The lowest BCUT2D eigenvalue weighted by Gasteiger charge is -2.40. The van der Waals surface area contributed by atoms with E-state index in [9.17, 15) is 4.57 Å². The predicted octanol–water partition coefficient (Wildman–Crippen LogP) is 7.41. The summed E-state index contributed by atoms with van der Waals surface area (Å²) in [7, 11) is -3.67. The molecule has 0 saturated carbocycles. The Labute approximate surface area is 180 Å². The maximum Gasteiger partial charge on any atom is 0.349 e. The molecular formula is C26H31O3P. The van der Waals surface area contributed by atoms with E-state index >= 15 is 0 Å². The Balaban J connectivity index is 2.35. The minimum absolute atomic E-state index is 0.373. The van der Waals surface area contributed by atoms with Crippen molar-refractivity contribution in [3.05, 3.63) is 108 Å².